The smallest absolute Gasteiger partial charge is 0.259 e. The van der Waals surface area contributed by atoms with Crippen molar-refractivity contribution < 1.29 is 9.32 Å². The topological polar surface area (TPSA) is 67.4 Å². The number of pyridine rings is 1. The Morgan fingerprint density at radius 1 is 1.30 bits per heavy atom. The highest BCUT2D eigenvalue weighted by Gasteiger charge is 2.51. The van der Waals surface area contributed by atoms with Gasteiger partial charge in [-0.15, -0.1) is 0 Å². The first-order chi connectivity index (χ1) is 14.4. The van der Waals surface area contributed by atoms with Crippen molar-refractivity contribution in [3.63, 3.8) is 0 Å². The lowest BCUT2D eigenvalue weighted by Crippen LogP contribution is -2.53. The average Bonchev–Trinajstić information content (AvgIpc) is 3.44. The minimum atomic E-state index is -0.340. The van der Waals surface area contributed by atoms with Gasteiger partial charge in [0.1, 0.15) is 16.9 Å². The summed E-state index contributed by atoms with van der Waals surface area (Å²) in [5, 5.41) is 3.97. The molecule has 1 amide bonds. The number of nitrogens with zero attached hydrogens (tertiary/aromatic N) is 5. The predicted octanol–water partition coefficient (Wildman–Crippen LogP) is 3.61. The summed E-state index contributed by atoms with van der Waals surface area (Å²) in [5.74, 6) is 1.46. The van der Waals surface area contributed by atoms with Gasteiger partial charge in [-0.2, -0.15) is 0 Å². The summed E-state index contributed by atoms with van der Waals surface area (Å²) in [4.78, 5) is 22.3. The SMILES string of the molecule is C=C(C)CN1c2cccnc2-n2cccc2[C@]12CCN(C(=O)c1c(C)noc1C)C2. The molecule has 1 spiro atoms. The molecule has 0 aromatic carbocycles. The fourth-order valence-electron chi connectivity index (χ4n) is 4.95. The molecule has 3 aromatic rings. The molecule has 7 nitrogen and oxygen atoms in total. The fraction of sp³-hybridized carbons (Fsp3) is 0.348. The van der Waals surface area contributed by atoms with Crippen LogP contribution in [0.1, 0.15) is 40.9 Å². The van der Waals surface area contributed by atoms with Crippen LogP contribution in [-0.4, -0.2) is 45.1 Å². The molecule has 0 unspecified atom stereocenters. The average molecular weight is 403 g/mol. The zero-order valence-corrected chi connectivity index (χ0v) is 17.6. The van der Waals surface area contributed by atoms with Crippen LogP contribution in [0.2, 0.25) is 0 Å². The Kier molecular flexibility index (Phi) is 4.10. The third-order valence-electron chi connectivity index (χ3n) is 6.24. The number of carbonyl (C=O) groups is 1. The molecule has 0 bridgehead atoms. The van der Waals surface area contributed by atoms with E-state index in [1.165, 1.54) is 0 Å². The molecule has 1 fully saturated rings. The normalized spacial score (nSPS) is 19.8. The van der Waals surface area contributed by atoms with Gasteiger partial charge in [-0.3, -0.25) is 4.79 Å². The molecule has 30 heavy (non-hydrogen) atoms. The zero-order valence-electron chi connectivity index (χ0n) is 17.6. The maximum absolute atomic E-state index is 13.4. The largest absolute Gasteiger partial charge is 0.361 e. The number of hydrogen-bond donors (Lipinski definition) is 0. The van der Waals surface area contributed by atoms with Crippen LogP contribution in [0.5, 0.6) is 0 Å². The highest BCUT2D eigenvalue weighted by molar-refractivity contribution is 5.96. The first-order valence-corrected chi connectivity index (χ1v) is 10.2. The molecule has 1 atom stereocenters. The fourth-order valence-corrected chi connectivity index (χ4v) is 4.95. The van der Waals surface area contributed by atoms with Gasteiger partial charge in [-0.05, 0) is 51.5 Å². The van der Waals surface area contributed by atoms with E-state index in [0.717, 1.165) is 29.2 Å². The van der Waals surface area contributed by atoms with Gasteiger partial charge in [-0.1, -0.05) is 17.3 Å². The lowest BCUT2D eigenvalue weighted by Gasteiger charge is -2.47. The Morgan fingerprint density at radius 2 is 2.13 bits per heavy atom. The molecule has 0 aliphatic carbocycles. The van der Waals surface area contributed by atoms with Gasteiger partial charge >= 0.3 is 0 Å². The molecule has 5 heterocycles. The van der Waals surface area contributed by atoms with Gasteiger partial charge in [-0.25, -0.2) is 4.98 Å². The van der Waals surface area contributed by atoms with Crippen molar-refractivity contribution in [1.82, 2.24) is 19.6 Å². The first kappa shape index (κ1) is 18.7. The van der Waals surface area contributed by atoms with Crippen LogP contribution in [-0.2, 0) is 5.54 Å². The Hall–Kier alpha value is -3.35. The number of hydrogen-bond acceptors (Lipinski definition) is 5. The summed E-state index contributed by atoms with van der Waals surface area (Å²) in [7, 11) is 0. The van der Waals surface area contributed by atoms with E-state index >= 15 is 0 Å². The summed E-state index contributed by atoms with van der Waals surface area (Å²) in [5.41, 5.74) is 4.16. The van der Waals surface area contributed by atoms with Crippen molar-refractivity contribution >= 4 is 11.6 Å². The Bertz CT molecular complexity index is 1140. The molecule has 154 valence electrons. The summed E-state index contributed by atoms with van der Waals surface area (Å²) in [6.45, 7) is 11.8. The van der Waals surface area contributed by atoms with E-state index in [1.807, 2.05) is 31.0 Å². The van der Waals surface area contributed by atoms with E-state index in [4.69, 9.17) is 4.52 Å². The molecule has 7 heteroatoms. The predicted molar refractivity (Wildman–Crippen MR) is 114 cm³/mol. The zero-order chi connectivity index (χ0) is 21.0. The number of fused-ring (bicyclic) bond motifs is 4. The second kappa shape index (κ2) is 6.58. The van der Waals surface area contributed by atoms with Crippen molar-refractivity contribution in [3.05, 3.63) is 71.5 Å². The van der Waals surface area contributed by atoms with Gasteiger partial charge in [0, 0.05) is 32.0 Å². The van der Waals surface area contributed by atoms with E-state index in [9.17, 15) is 4.79 Å². The molecular weight excluding hydrogens is 378 g/mol. The van der Waals surface area contributed by atoms with Gasteiger partial charge in [0.2, 0.25) is 0 Å². The van der Waals surface area contributed by atoms with Crippen LogP contribution >= 0.6 is 0 Å². The molecule has 0 N–H and O–H groups in total. The van der Waals surface area contributed by atoms with E-state index in [0.29, 0.717) is 36.7 Å². The number of aryl methyl sites for hydroxylation is 2. The Morgan fingerprint density at radius 3 is 2.87 bits per heavy atom. The number of amides is 1. The van der Waals surface area contributed by atoms with Crippen LogP contribution in [0.3, 0.4) is 0 Å². The second-order valence-corrected chi connectivity index (χ2v) is 8.36. The van der Waals surface area contributed by atoms with Crippen molar-refractivity contribution in [2.45, 2.75) is 32.7 Å². The molecule has 5 rings (SSSR count). The van der Waals surface area contributed by atoms with Gasteiger partial charge < -0.3 is 18.9 Å². The monoisotopic (exact) mass is 403 g/mol. The van der Waals surface area contributed by atoms with Crippen molar-refractivity contribution in [2.75, 3.05) is 24.5 Å². The molecule has 2 aliphatic rings. The number of anilines is 1. The highest BCUT2D eigenvalue weighted by Crippen LogP contribution is 2.47. The summed E-state index contributed by atoms with van der Waals surface area (Å²) >= 11 is 0. The van der Waals surface area contributed by atoms with Crippen LogP contribution in [0.4, 0.5) is 5.69 Å². The van der Waals surface area contributed by atoms with Crippen molar-refractivity contribution in [2.24, 2.45) is 0 Å². The number of rotatable bonds is 3. The van der Waals surface area contributed by atoms with E-state index in [2.05, 4.69) is 50.6 Å². The molecular formula is C23H25N5O2. The number of aromatic nitrogens is 3. The number of likely N-dealkylation sites (tertiary alicyclic amines) is 1. The van der Waals surface area contributed by atoms with Gasteiger partial charge in [0.25, 0.3) is 5.91 Å². The maximum Gasteiger partial charge on any atom is 0.259 e. The molecule has 1 saturated heterocycles. The number of carbonyl (C=O) groups excluding carboxylic acids is 1. The van der Waals surface area contributed by atoms with Gasteiger partial charge in [0.15, 0.2) is 5.82 Å². The summed E-state index contributed by atoms with van der Waals surface area (Å²) in [6.07, 6.45) is 4.70. The van der Waals surface area contributed by atoms with Crippen LogP contribution in [0.25, 0.3) is 5.82 Å². The van der Waals surface area contributed by atoms with Crippen LogP contribution < -0.4 is 4.90 Å². The standard InChI is InChI=1S/C23H25N5O2/c1-15(2)13-28-18-7-5-10-24-21(18)27-11-6-8-19(27)23(28)9-12-26(14-23)22(29)20-16(3)25-30-17(20)4/h5-8,10-11H,1,9,12-14H2,2-4H3/t23-/m1/s1. The van der Waals surface area contributed by atoms with Crippen LogP contribution in [0, 0.1) is 13.8 Å². The third kappa shape index (κ3) is 2.54. The molecule has 0 radical (unpaired) electrons. The quantitative estimate of drug-likeness (QED) is 0.625. The Labute approximate surface area is 175 Å². The van der Waals surface area contributed by atoms with Crippen LogP contribution in [0.15, 0.2) is 53.3 Å². The van der Waals surface area contributed by atoms with Crippen molar-refractivity contribution in [3.8, 4) is 5.82 Å². The molecule has 0 saturated carbocycles. The van der Waals surface area contributed by atoms with E-state index < -0.39 is 0 Å². The molecule has 2 aliphatic heterocycles. The maximum atomic E-state index is 13.4. The summed E-state index contributed by atoms with van der Waals surface area (Å²) < 4.78 is 7.41. The van der Waals surface area contributed by atoms with Gasteiger partial charge in [0.05, 0.1) is 17.1 Å². The lowest BCUT2D eigenvalue weighted by molar-refractivity contribution is 0.0780. The van der Waals surface area contributed by atoms with E-state index in [1.54, 1.807) is 6.92 Å². The minimum absolute atomic E-state index is 0.0199. The Balaban J connectivity index is 1.60. The highest BCUT2D eigenvalue weighted by atomic mass is 16.5. The summed E-state index contributed by atoms with van der Waals surface area (Å²) in [6, 6.07) is 8.27. The van der Waals surface area contributed by atoms with E-state index in [-0.39, 0.29) is 11.4 Å². The first-order valence-electron chi connectivity index (χ1n) is 10.2. The third-order valence-corrected chi connectivity index (χ3v) is 6.24. The lowest BCUT2D eigenvalue weighted by atomic mass is 9.88. The second-order valence-electron chi connectivity index (χ2n) is 8.36. The van der Waals surface area contributed by atoms with Crippen molar-refractivity contribution in [1.29, 1.82) is 0 Å². The molecule has 3 aromatic heterocycles. The minimum Gasteiger partial charge on any atom is -0.361 e.